The van der Waals surface area contributed by atoms with Gasteiger partial charge in [0.25, 0.3) is 5.91 Å². The van der Waals surface area contributed by atoms with E-state index in [-0.39, 0.29) is 5.91 Å². The first kappa shape index (κ1) is 18.4. The van der Waals surface area contributed by atoms with E-state index < -0.39 is 0 Å². The van der Waals surface area contributed by atoms with E-state index in [0.29, 0.717) is 18.0 Å². The van der Waals surface area contributed by atoms with Crippen molar-refractivity contribution < 1.29 is 4.79 Å². The number of amides is 1. The van der Waals surface area contributed by atoms with Gasteiger partial charge >= 0.3 is 0 Å². The third kappa shape index (κ3) is 6.01. The predicted octanol–water partition coefficient (Wildman–Crippen LogP) is 1.88. The van der Waals surface area contributed by atoms with Gasteiger partial charge in [-0.2, -0.15) is 0 Å². The van der Waals surface area contributed by atoms with E-state index in [2.05, 4.69) is 39.4 Å². The number of carbonyl (C=O) groups excluding carboxylic acids is 1. The molecule has 0 aromatic carbocycles. The van der Waals surface area contributed by atoms with Crippen LogP contribution in [0, 0.1) is 6.92 Å². The van der Waals surface area contributed by atoms with Gasteiger partial charge in [0, 0.05) is 26.7 Å². The fourth-order valence-corrected chi connectivity index (χ4v) is 2.62. The minimum absolute atomic E-state index is 0.0699. The van der Waals surface area contributed by atoms with Crippen molar-refractivity contribution in [2.24, 2.45) is 4.99 Å². The molecule has 6 nitrogen and oxygen atoms in total. The lowest BCUT2D eigenvalue weighted by atomic mass is 10.3. The normalized spacial score (nSPS) is 11.4. The van der Waals surface area contributed by atoms with Crippen LogP contribution in [0.25, 0.3) is 0 Å². The van der Waals surface area contributed by atoms with Crippen LogP contribution in [0.1, 0.15) is 42.1 Å². The maximum absolute atomic E-state index is 12.0. The van der Waals surface area contributed by atoms with E-state index in [1.165, 1.54) is 11.3 Å². The minimum atomic E-state index is -0.0699. The second-order valence-corrected chi connectivity index (χ2v) is 5.89. The Morgan fingerprint density at radius 2 is 2.18 bits per heavy atom. The molecule has 1 rings (SSSR count). The van der Waals surface area contributed by atoms with Crippen molar-refractivity contribution in [1.29, 1.82) is 0 Å². The summed E-state index contributed by atoms with van der Waals surface area (Å²) in [5, 5.41) is 6.15. The molecule has 0 atom stereocenters. The number of guanidine groups is 1. The molecule has 2 N–H and O–H groups in total. The zero-order chi connectivity index (χ0) is 16.4. The summed E-state index contributed by atoms with van der Waals surface area (Å²) in [5.41, 5.74) is 2.47. The Balaban J connectivity index is 2.43. The number of aliphatic imine (C=N–C) groups is 1. The van der Waals surface area contributed by atoms with Gasteiger partial charge in [-0.3, -0.25) is 9.79 Å². The largest absolute Gasteiger partial charge is 0.357 e. The SMILES string of the molecule is CCCCN(C)C(=NCCNC(=O)c1scnc1C)NCC. The number of carbonyl (C=O) groups is 1. The molecule has 0 unspecified atom stereocenters. The number of aryl methyl sites for hydroxylation is 1. The lowest BCUT2D eigenvalue weighted by Crippen LogP contribution is -2.40. The highest BCUT2D eigenvalue weighted by atomic mass is 32.1. The zero-order valence-electron chi connectivity index (χ0n) is 14.0. The second-order valence-electron chi connectivity index (χ2n) is 5.03. The van der Waals surface area contributed by atoms with Crippen LogP contribution >= 0.6 is 11.3 Å². The lowest BCUT2D eigenvalue weighted by molar-refractivity contribution is 0.0958. The molecule has 0 spiro atoms. The Morgan fingerprint density at radius 3 is 2.77 bits per heavy atom. The lowest BCUT2D eigenvalue weighted by Gasteiger charge is -2.21. The molecular formula is C15H27N5OS. The predicted molar refractivity (Wildman–Crippen MR) is 92.7 cm³/mol. The molecule has 1 aromatic heterocycles. The summed E-state index contributed by atoms with van der Waals surface area (Å²) >= 11 is 1.36. The average Bonchev–Trinajstić information content (AvgIpc) is 2.93. The summed E-state index contributed by atoms with van der Waals surface area (Å²) in [5.74, 6) is 0.818. The Hall–Kier alpha value is -1.63. The van der Waals surface area contributed by atoms with Crippen LogP contribution in [-0.2, 0) is 0 Å². The van der Waals surface area contributed by atoms with Crippen LogP contribution in [-0.4, -0.2) is 55.0 Å². The van der Waals surface area contributed by atoms with Gasteiger partial charge in [0.2, 0.25) is 0 Å². The molecule has 1 aromatic rings. The standard InChI is InChI=1S/C15H27N5OS/c1-5-7-10-20(4)15(16-6-2)18-9-8-17-14(21)13-12(3)19-11-22-13/h11H,5-10H2,1-4H3,(H,16,18)(H,17,21). The van der Waals surface area contributed by atoms with Gasteiger partial charge in [-0.05, 0) is 20.3 Å². The topological polar surface area (TPSA) is 69.6 Å². The Morgan fingerprint density at radius 1 is 1.41 bits per heavy atom. The molecule has 22 heavy (non-hydrogen) atoms. The van der Waals surface area contributed by atoms with E-state index in [1.807, 2.05) is 14.0 Å². The molecule has 0 aliphatic heterocycles. The third-order valence-electron chi connectivity index (χ3n) is 3.15. The third-order valence-corrected chi connectivity index (χ3v) is 4.08. The summed E-state index contributed by atoms with van der Waals surface area (Å²) in [7, 11) is 2.04. The summed E-state index contributed by atoms with van der Waals surface area (Å²) in [6, 6.07) is 0. The van der Waals surface area contributed by atoms with Gasteiger partial charge in [0.1, 0.15) is 4.88 Å². The minimum Gasteiger partial charge on any atom is -0.357 e. The molecule has 0 saturated heterocycles. The molecule has 1 heterocycles. The van der Waals surface area contributed by atoms with E-state index in [4.69, 9.17) is 0 Å². The quantitative estimate of drug-likeness (QED) is 0.435. The van der Waals surface area contributed by atoms with Crippen LogP contribution in [0.3, 0.4) is 0 Å². The van der Waals surface area contributed by atoms with E-state index in [1.54, 1.807) is 5.51 Å². The van der Waals surface area contributed by atoms with Crippen LogP contribution in [0.5, 0.6) is 0 Å². The van der Waals surface area contributed by atoms with Crippen LogP contribution in [0.15, 0.2) is 10.5 Å². The highest BCUT2D eigenvalue weighted by Gasteiger charge is 2.10. The first-order valence-corrected chi connectivity index (χ1v) is 8.65. The first-order chi connectivity index (χ1) is 10.6. The van der Waals surface area contributed by atoms with Gasteiger partial charge in [0.15, 0.2) is 5.96 Å². The summed E-state index contributed by atoms with van der Waals surface area (Å²) < 4.78 is 0. The van der Waals surface area contributed by atoms with Gasteiger partial charge in [-0.1, -0.05) is 13.3 Å². The summed E-state index contributed by atoms with van der Waals surface area (Å²) in [6.07, 6.45) is 2.30. The van der Waals surface area contributed by atoms with Gasteiger partial charge in [0.05, 0.1) is 17.7 Å². The second kappa shape index (κ2) is 10.2. The Bertz CT molecular complexity index is 486. The monoisotopic (exact) mass is 325 g/mol. The molecule has 124 valence electrons. The van der Waals surface area contributed by atoms with Gasteiger partial charge < -0.3 is 15.5 Å². The average molecular weight is 325 g/mol. The van der Waals surface area contributed by atoms with Crippen molar-refractivity contribution in [3.63, 3.8) is 0 Å². The maximum Gasteiger partial charge on any atom is 0.263 e. The van der Waals surface area contributed by atoms with E-state index in [9.17, 15) is 4.79 Å². The molecular weight excluding hydrogens is 298 g/mol. The number of nitrogens with one attached hydrogen (secondary N) is 2. The van der Waals surface area contributed by atoms with Crippen molar-refractivity contribution >= 4 is 23.2 Å². The smallest absolute Gasteiger partial charge is 0.263 e. The van der Waals surface area contributed by atoms with Crippen molar-refractivity contribution in [2.75, 3.05) is 33.2 Å². The first-order valence-electron chi connectivity index (χ1n) is 7.77. The summed E-state index contributed by atoms with van der Waals surface area (Å²) in [4.78, 5) is 23.4. The number of hydrogen-bond acceptors (Lipinski definition) is 4. The Kier molecular flexibility index (Phi) is 8.50. The fraction of sp³-hybridized carbons (Fsp3) is 0.667. The van der Waals surface area contributed by atoms with Crippen molar-refractivity contribution in [3.8, 4) is 0 Å². The van der Waals surface area contributed by atoms with E-state index >= 15 is 0 Å². The molecule has 0 fully saturated rings. The van der Waals surface area contributed by atoms with Crippen molar-refractivity contribution in [3.05, 3.63) is 16.1 Å². The van der Waals surface area contributed by atoms with Gasteiger partial charge in [-0.15, -0.1) is 11.3 Å². The van der Waals surface area contributed by atoms with Crippen LogP contribution in [0.2, 0.25) is 0 Å². The van der Waals surface area contributed by atoms with Gasteiger partial charge in [-0.25, -0.2) is 4.98 Å². The number of rotatable bonds is 8. The van der Waals surface area contributed by atoms with Crippen molar-refractivity contribution in [2.45, 2.75) is 33.6 Å². The van der Waals surface area contributed by atoms with Crippen LogP contribution in [0.4, 0.5) is 0 Å². The van der Waals surface area contributed by atoms with Crippen molar-refractivity contribution in [1.82, 2.24) is 20.5 Å². The molecule has 0 bridgehead atoms. The Labute approximate surface area is 137 Å². The fourth-order valence-electron chi connectivity index (χ4n) is 1.90. The van der Waals surface area contributed by atoms with E-state index in [0.717, 1.165) is 37.6 Å². The molecule has 0 aliphatic carbocycles. The number of thiazole rings is 1. The number of hydrogen-bond donors (Lipinski definition) is 2. The number of aromatic nitrogens is 1. The molecule has 7 heteroatoms. The zero-order valence-corrected chi connectivity index (χ0v) is 14.8. The summed E-state index contributed by atoms with van der Waals surface area (Å²) in [6.45, 7) is 8.97. The van der Waals surface area contributed by atoms with Crippen LogP contribution < -0.4 is 10.6 Å². The maximum atomic E-state index is 12.0. The number of unbranched alkanes of at least 4 members (excludes halogenated alkanes) is 1. The highest BCUT2D eigenvalue weighted by Crippen LogP contribution is 2.11. The molecule has 0 saturated carbocycles. The molecule has 0 radical (unpaired) electrons. The molecule has 0 aliphatic rings. The number of nitrogens with zero attached hydrogens (tertiary/aromatic N) is 3. The highest BCUT2D eigenvalue weighted by molar-refractivity contribution is 7.11. The molecule has 1 amide bonds.